The molecule has 92 valence electrons. The van der Waals surface area contributed by atoms with Crippen LogP contribution in [0.1, 0.15) is 11.1 Å². The van der Waals surface area contributed by atoms with Crippen molar-refractivity contribution in [3.05, 3.63) is 29.3 Å². The summed E-state index contributed by atoms with van der Waals surface area (Å²) in [6, 6.07) is 4.90. The number of nitrogens with two attached hydrogens (primary N) is 1. The van der Waals surface area contributed by atoms with Crippen LogP contribution in [0.5, 0.6) is 0 Å². The average molecular weight is 236 g/mol. The Bertz CT molecular complexity index is 443. The highest BCUT2D eigenvalue weighted by atomic mass is 16.3. The Kier molecular flexibility index (Phi) is 4.47. The lowest BCUT2D eigenvalue weighted by atomic mass is 10.1. The summed E-state index contributed by atoms with van der Waals surface area (Å²) < 4.78 is 0. The molecule has 1 aromatic carbocycles. The highest BCUT2D eigenvalue weighted by Gasteiger charge is 2.09. The van der Waals surface area contributed by atoms with Crippen LogP contribution in [0, 0.1) is 6.92 Å². The largest absolute Gasteiger partial charge is 0.392 e. The van der Waals surface area contributed by atoms with Crippen LogP contribution in [0.25, 0.3) is 0 Å². The van der Waals surface area contributed by atoms with Crippen LogP contribution in [0.4, 0.5) is 10.5 Å². The molecule has 0 saturated carbocycles. The summed E-state index contributed by atoms with van der Waals surface area (Å²) in [5, 5.41) is 14.1. The molecule has 0 aliphatic rings. The van der Waals surface area contributed by atoms with Crippen molar-refractivity contribution < 1.29 is 9.90 Å². The van der Waals surface area contributed by atoms with E-state index in [0.29, 0.717) is 11.3 Å². The third-order valence-corrected chi connectivity index (χ3v) is 2.25. The molecular weight excluding hydrogens is 220 g/mol. The number of urea groups is 1. The molecule has 1 aromatic rings. The maximum absolute atomic E-state index is 11.5. The summed E-state index contributed by atoms with van der Waals surface area (Å²) in [4.78, 5) is 15.1. The number of aryl methyl sites for hydroxylation is 1. The lowest BCUT2D eigenvalue weighted by Crippen LogP contribution is -2.39. The molecule has 0 aromatic heterocycles. The number of hydrogen-bond acceptors (Lipinski definition) is 3. The maximum atomic E-state index is 11.5. The van der Waals surface area contributed by atoms with Crippen LogP contribution in [0.2, 0.25) is 0 Å². The van der Waals surface area contributed by atoms with Gasteiger partial charge in [0.1, 0.15) is 0 Å². The topological polar surface area (TPSA) is 99.7 Å². The van der Waals surface area contributed by atoms with Crippen LogP contribution in [0.3, 0.4) is 0 Å². The maximum Gasteiger partial charge on any atom is 0.326 e. The Hall–Kier alpha value is -2.08. The molecule has 0 saturated heterocycles. The fourth-order valence-electron chi connectivity index (χ4n) is 1.36. The summed E-state index contributed by atoms with van der Waals surface area (Å²) in [6.45, 7) is 1.70. The van der Waals surface area contributed by atoms with E-state index in [-0.39, 0.29) is 12.6 Å². The van der Waals surface area contributed by atoms with E-state index in [4.69, 9.17) is 10.8 Å². The molecular formula is C11H16N4O2. The number of carbonyl (C=O) groups is 1. The fraction of sp³-hybridized carbons (Fsp3) is 0.273. The second-order valence-corrected chi connectivity index (χ2v) is 3.46. The minimum atomic E-state index is -0.489. The minimum Gasteiger partial charge on any atom is -0.392 e. The Morgan fingerprint density at radius 2 is 2.24 bits per heavy atom. The van der Waals surface area contributed by atoms with Gasteiger partial charge in [0.2, 0.25) is 0 Å². The number of guanidine groups is 1. The molecule has 0 aliphatic heterocycles. The number of nitrogens with one attached hydrogen (secondary N) is 2. The van der Waals surface area contributed by atoms with E-state index in [0.717, 1.165) is 5.56 Å². The van der Waals surface area contributed by atoms with Crippen LogP contribution < -0.4 is 16.4 Å². The quantitative estimate of drug-likeness (QED) is 0.445. The Morgan fingerprint density at radius 1 is 1.53 bits per heavy atom. The number of anilines is 1. The average Bonchev–Trinajstić information content (AvgIpc) is 2.31. The van der Waals surface area contributed by atoms with Gasteiger partial charge in [-0.15, -0.1) is 0 Å². The number of amides is 2. The van der Waals surface area contributed by atoms with Crippen LogP contribution in [-0.4, -0.2) is 24.1 Å². The van der Waals surface area contributed by atoms with Crippen molar-refractivity contribution in [2.45, 2.75) is 13.5 Å². The highest BCUT2D eigenvalue weighted by Crippen LogP contribution is 2.20. The Labute approximate surface area is 99.5 Å². The second-order valence-electron chi connectivity index (χ2n) is 3.46. The molecule has 0 aliphatic carbocycles. The molecule has 5 N–H and O–H groups in total. The van der Waals surface area contributed by atoms with Gasteiger partial charge >= 0.3 is 6.03 Å². The van der Waals surface area contributed by atoms with Gasteiger partial charge in [-0.05, 0) is 12.5 Å². The lowest BCUT2D eigenvalue weighted by Gasteiger charge is -2.12. The van der Waals surface area contributed by atoms with Crippen LogP contribution in [-0.2, 0) is 6.61 Å². The first-order chi connectivity index (χ1) is 8.08. The third-order valence-electron chi connectivity index (χ3n) is 2.25. The van der Waals surface area contributed by atoms with E-state index in [9.17, 15) is 4.79 Å². The van der Waals surface area contributed by atoms with E-state index in [1.54, 1.807) is 6.07 Å². The fourth-order valence-corrected chi connectivity index (χ4v) is 1.36. The number of benzene rings is 1. The minimum absolute atomic E-state index is 0.0293. The molecule has 0 atom stereocenters. The first-order valence-electron chi connectivity index (χ1n) is 5.08. The van der Waals surface area contributed by atoms with E-state index >= 15 is 0 Å². The normalized spacial score (nSPS) is 11.1. The van der Waals surface area contributed by atoms with Crippen molar-refractivity contribution in [2.75, 3.05) is 12.4 Å². The molecule has 6 heteroatoms. The third kappa shape index (κ3) is 3.46. The molecule has 0 radical (unpaired) electrons. The van der Waals surface area contributed by atoms with E-state index < -0.39 is 6.03 Å². The standard InChI is InChI=1S/C11H16N4O2/c1-7-4-3-5-8(6-16)9(7)14-11(17)15-10(12)13-2/h3-5,16H,6H2,1-2H3,(H4,12,13,14,15,17). The Morgan fingerprint density at radius 3 is 2.82 bits per heavy atom. The van der Waals surface area contributed by atoms with Gasteiger partial charge in [-0.3, -0.25) is 10.3 Å². The predicted molar refractivity (Wildman–Crippen MR) is 66.8 cm³/mol. The molecule has 6 nitrogen and oxygen atoms in total. The number of nitrogens with zero attached hydrogens (tertiary/aromatic N) is 1. The zero-order chi connectivity index (χ0) is 12.8. The number of para-hydroxylation sites is 1. The number of aliphatic hydroxyl groups excluding tert-OH is 1. The molecule has 17 heavy (non-hydrogen) atoms. The number of rotatable bonds is 2. The van der Waals surface area contributed by atoms with E-state index in [1.807, 2.05) is 19.1 Å². The van der Waals surface area contributed by atoms with Crippen LogP contribution in [0.15, 0.2) is 23.2 Å². The predicted octanol–water partition coefficient (Wildman–Crippen LogP) is 0.553. The highest BCUT2D eigenvalue weighted by molar-refractivity contribution is 6.02. The summed E-state index contributed by atoms with van der Waals surface area (Å²) in [7, 11) is 1.47. The van der Waals surface area contributed by atoms with Gasteiger partial charge in [0.25, 0.3) is 0 Å². The van der Waals surface area contributed by atoms with Gasteiger partial charge in [-0.2, -0.15) is 0 Å². The SMILES string of the molecule is CN=C(N)NC(=O)Nc1c(C)cccc1CO. The van der Waals surface area contributed by atoms with Crippen molar-refractivity contribution >= 4 is 17.7 Å². The zero-order valence-corrected chi connectivity index (χ0v) is 9.82. The molecule has 2 amide bonds. The van der Waals surface area contributed by atoms with Gasteiger partial charge in [0, 0.05) is 12.6 Å². The molecule has 1 rings (SSSR count). The monoisotopic (exact) mass is 236 g/mol. The van der Waals surface area contributed by atoms with Crippen LogP contribution >= 0.6 is 0 Å². The zero-order valence-electron chi connectivity index (χ0n) is 9.82. The van der Waals surface area contributed by atoms with E-state index in [1.165, 1.54) is 7.05 Å². The van der Waals surface area contributed by atoms with Gasteiger partial charge in [-0.25, -0.2) is 4.79 Å². The van der Waals surface area contributed by atoms with Crippen molar-refractivity contribution in [1.29, 1.82) is 0 Å². The molecule has 0 fully saturated rings. The van der Waals surface area contributed by atoms with Crippen molar-refractivity contribution in [3.63, 3.8) is 0 Å². The summed E-state index contributed by atoms with van der Waals surface area (Å²) >= 11 is 0. The smallest absolute Gasteiger partial charge is 0.326 e. The first-order valence-corrected chi connectivity index (χ1v) is 5.08. The number of aliphatic hydroxyl groups is 1. The van der Waals surface area contributed by atoms with Gasteiger partial charge in [0.05, 0.1) is 12.3 Å². The molecule has 0 heterocycles. The van der Waals surface area contributed by atoms with Crippen molar-refractivity contribution in [3.8, 4) is 0 Å². The molecule has 0 spiro atoms. The van der Waals surface area contributed by atoms with Crippen molar-refractivity contribution in [1.82, 2.24) is 5.32 Å². The van der Waals surface area contributed by atoms with E-state index in [2.05, 4.69) is 15.6 Å². The Balaban J connectivity index is 2.84. The summed E-state index contributed by atoms with van der Waals surface area (Å²) in [5.41, 5.74) is 7.45. The van der Waals surface area contributed by atoms with Gasteiger partial charge in [0.15, 0.2) is 5.96 Å². The molecule has 0 unspecified atom stereocenters. The number of hydrogen-bond donors (Lipinski definition) is 4. The number of aliphatic imine (C=N–C) groups is 1. The summed E-state index contributed by atoms with van der Waals surface area (Å²) in [5.74, 6) is 0.0293. The first kappa shape index (κ1) is 13.0. The van der Waals surface area contributed by atoms with Gasteiger partial charge < -0.3 is 16.2 Å². The lowest BCUT2D eigenvalue weighted by molar-refractivity contribution is 0.255. The summed E-state index contributed by atoms with van der Waals surface area (Å²) in [6.07, 6.45) is 0. The number of carbonyl (C=O) groups excluding carboxylic acids is 1. The molecule has 0 bridgehead atoms. The van der Waals surface area contributed by atoms with Crippen molar-refractivity contribution in [2.24, 2.45) is 10.7 Å². The second kappa shape index (κ2) is 5.86. The van der Waals surface area contributed by atoms with Gasteiger partial charge in [-0.1, -0.05) is 18.2 Å².